The summed E-state index contributed by atoms with van der Waals surface area (Å²) in [6, 6.07) is 10.5. The quantitative estimate of drug-likeness (QED) is 0.708. The highest BCUT2D eigenvalue weighted by atomic mass is 16.2. The summed E-state index contributed by atoms with van der Waals surface area (Å²) >= 11 is 0. The molecule has 21 heavy (non-hydrogen) atoms. The van der Waals surface area contributed by atoms with Crippen molar-refractivity contribution in [3.05, 3.63) is 60.7 Å². The molecule has 0 saturated carbocycles. The van der Waals surface area contributed by atoms with E-state index in [0.29, 0.717) is 5.69 Å². The second-order valence-electron chi connectivity index (χ2n) is 4.27. The molecule has 0 bridgehead atoms. The highest BCUT2D eigenvalue weighted by Gasteiger charge is 2.11. The Kier molecular flexibility index (Phi) is 3.30. The van der Waals surface area contributed by atoms with Crippen molar-refractivity contribution in [3.8, 4) is 5.69 Å². The van der Waals surface area contributed by atoms with Gasteiger partial charge in [-0.15, -0.1) is 0 Å². The van der Waals surface area contributed by atoms with E-state index < -0.39 is 0 Å². The number of anilines is 2. The number of benzene rings is 1. The van der Waals surface area contributed by atoms with Gasteiger partial charge < -0.3 is 5.73 Å². The minimum absolute atomic E-state index is 0.237. The van der Waals surface area contributed by atoms with Crippen LogP contribution in [0.1, 0.15) is 10.5 Å². The van der Waals surface area contributed by atoms with Crippen molar-refractivity contribution >= 4 is 17.5 Å². The first kappa shape index (κ1) is 12.8. The standard InChI is InChI=1S/C14H12N6O/c15-10-3-1-4-11(9-10)20-8-5-12(19-20)13(21)18-14-16-6-2-7-17-14/h1-9H,15H2,(H,16,17,18,21). The van der Waals surface area contributed by atoms with Crippen LogP contribution in [0.4, 0.5) is 11.6 Å². The Bertz CT molecular complexity index is 768. The average Bonchev–Trinajstić information content (AvgIpc) is 2.98. The third kappa shape index (κ3) is 2.86. The Morgan fingerprint density at radius 2 is 1.95 bits per heavy atom. The van der Waals surface area contributed by atoms with Crippen LogP contribution >= 0.6 is 0 Å². The lowest BCUT2D eigenvalue weighted by Gasteiger charge is -2.02. The van der Waals surface area contributed by atoms with Gasteiger partial charge in [0.15, 0.2) is 5.69 Å². The number of aromatic nitrogens is 4. The van der Waals surface area contributed by atoms with E-state index in [2.05, 4.69) is 20.4 Å². The molecule has 0 fully saturated rings. The lowest BCUT2D eigenvalue weighted by Crippen LogP contribution is -2.15. The van der Waals surface area contributed by atoms with E-state index in [1.165, 1.54) is 0 Å². The number of carbonyl (C=O) groups excluding carboxylic acids is 1. The highest BCUT2D eigenvalue weighted by Crippen LogP contribution is 2.12. The summed E-state index contributed by atoms with van der Waals surface area (Å²) in [5.74, 6) is -0.134. The van der Waals surface area contributed by atoms with Gasteiger partial charge in [-0.25, -0.2) is 14.6 Å². The predicted molar refractivity (Wildman–Crippen MR) is 78.0 cm³/mol. The maximum Gasteiger partial charge on any atom is 0.278 e. The van der Waals surface area contributed by atoms with Crippen LogP contribution in [0.3, 0.4) is 0 Å². The van der Waals surface area contributed by atoms with Crippen molar-refractivity contribution in [1.82, 2.24) is 19.7 Å². The van der Waals surface area contributed by atoms with Crippen LogP contribution in [0.2, 0.25) is 0 Å². The number of nitrogens with one attached hydrogen (secondary N) is 1. The molecule has 1 amide bonds. The fourth-order valence-electron chi connectivity index (χ4n) is 1.79. The van der Waals surface area contributed by atoms with Gasteiger partial charge >= 0.3 is 0 Å². The van der Waals surface area contributed by atoms with Crippen LogP contribution in [0.15, 0.2) is 55.0 Å². The molecule has 2 aromatic heterocycles. The minimum atomic E-state index is -0.371. The second kappa shape index (κ2) is 5.41. The van der Waals surface area contributed by atoms with Crippen LogP contribution in [-0.2, 0) is 0 Å². The first-order valence-corrected chi connectivity index (χ1v) is 6.22. The number of carbonyl (C=O) groups is 1. The monoisotopic (exact) mass is 280 g/mol. The Hall–Kier alpha value is -3.22. The minimum Gasteiger partial charge on any atom is -0.399 e. The molecule has 2 heterocycles. The molecule has 0 aliphatic heterocycles. The molecule has 104 valence electrons. The molecule has 0 radical (unpaired) electrons. The number of nitrogens with zero attached hydrogens (tertiary/aromatic N) is 4. The third-order valence-electron chi connectivity index (χ3n) is 2.75. The molecule has 7 heteroatoms. The molecule has 0 saturated heterocycles. The summed E-state index contributed by atoms with van der Waals surface area (Å²) in [7, 11) is 0. The maximum atomic E-state index is 12.0. The molecule has 7 nitrogen and oxygen atoms in total. The SMILES string of the molecule is Nc1cccc(-n2ccc(C(=O)Nc3ncccn3)n2)c1. The zero-order valence-electron chi connectivity index (χ0n) is 11.0. The van der Waals surface area contributed by atoms with Gasteiger partial charge in [-0.3, -0.25) is 10.1 Å². The summed E-state index contributed by atoms with van der Waals surface area (Å²) < 4.78 is 1.58. The lowest BCUT2D eigenvalue weighted by molar-refractivity contribution is 0.102. The predicted octanol–water partition coefficient (Wildman–Crippen LogP) is 1.50. The summed E-state index contributed by atoms with van der Waals surface area (Å²) in [5.41, 5.74) is 7.41. The van der Waals surface area contributed by atoms with Gasteiger partial charge in [0, 0.05) is 24.3 Å². The Labute approximate surface area is 120 Å². The van der Waals surface area contributed by atoms with E-state index >= 15 is 0 Å². The molecule has 3 aromatic rings. The van der Waals surface area contributed by atoms with Crippen LogP contribution in [0.25, 0.3) is 5.69 Å². The van der Waals surface area contributed by atoms with Crippen molar-refractivity contribution in [2.75, 3.05) is 11.1 Å². The first-order chi connectivity index (χ1) is 10.2. The van der Waals surface area contributed by atoms with Gasteiger partial charge in [0.25, 0.3) is 5.91 Å². The summed E-state index contributed by atoms with van der Waals surface area (Å²) in [4.78, 5) is 19.9. The van der Waals surface area contributed by atoms with Crippen molar-refractivity contribution in [3.63, 3.8) is 0 Å². The van der Waals surface area contributed by atoms with Crippen LogP contribution in [0, 0.1) is 0 Å². The van der Waals surface area contributed by atoms with Gasteiger partial charge in [-0.05, 0) is 30.3 Å². The summed E-state index contributed by atoms with van der Waals surface area (Å²) in [5, 5.41) is 6.78. The first-order valence-electron chi connectivity index (χ1n) is 6.22. The van der Waals surface area contributed by atoms with E-state index in [9.17, 15) is 4.79 Å². The topological polar surface area (TPSA) is 98.7 Å². The normalized spacial score (nSPS) is 10.3. The number of nitrogen functional groups attached to an aromatic ring is 1. The number of hydrogen-bond donors (Lipinski definition) is 2. The van der Waals surface area contributed by atoms with E-state index in [0.717, 1.165) is 5.69 Å². The smallest absolute Gasteiger partial charge is 0.278 e. The number of nitrogens with two attached hydrogens (primary N) is 1. The third-order valence-corrected chi connectivity index (χ3v) is 2.75. The largest absolute Gasteiger partial charge is 0.399 e. The molecular formula is C14H12N6O. The van der Waals surface area contributed by atoms with E-state index in [4.69, 9.17) is 5.73 Å². The Morgan fingerprint density at radius 1 is 1.14 bits per heavy atom. The molecule has 0 aliphatic carbocycles. The average molecular weight is 280 g/mol. The van der Waals surface area contributed by atoms with Gasteiger partial charge in [-0.2, -0.15) is 5.10 Å². The molecule has 3 N–H and O–H groups in total. The van der Waals surface area contributed by atoms with Crippen molar-refractivity contribution in [1.29, 1.82) is 0 Å². The van der Waals surface area contributed by atoms with Gasteiger partial charge in [0.1, 0.15) is 0 Å². The molecular weight excluding hydrogens is 268 g/mol. The van der Waals surface area contributed by atoms with Gasteiger partial charge in [0.05, 0.1) is 5.69 Å². The van der Waals surface area contributed by atoms with Gasteiger partial charge in [-0.1, -0.05) is 6.07 Å². The number of hydrogen-bond acceptors (Lipinski definition) is 5. The molecule has 0 spiro atoms. The van der Waals surface area contributed by atoms with Gasteiger partial charge in [0.2, 0.25) is 5.95 Å². The number of rotatable bonds is 3. The van der Waals surface area contributed by atoms with Crippen LogP contribution < -0.4 is 11.1 Å². The van der Waals surface area contributed by atoms with Crippen LogP contribution in [-0.4, -0.2) is 25.7 Å². The zero-order chi connectivity index (χ0) is 14.7. The summed E-state index contributed by atoms with van der Waals surface area (Å²) in [6.45, 7) is 0. The molecule has 0 unspecified atom stereocenters. The Balaban J connectivity index is 1.80. The Morgan fingerprint density at radius 3 is 2.71 bits per heavy atom. The molecule has 0 aliphatic rings. The highest BCUT2D eigenvalue weighted by molar-refractivity contribution is 6.01. The molecule has 1 aromatic carbocycles. The maximum absolute atomic E-state index is 12.0. The van der Waals surface area contributed by atoms with Crippen LogP contribution in [0.5, 0.6) is 0 Å². The van der Waals surface area contributed by atoms with Crippen molar-refractivity contribution in [2.24, 2.45) is 0 Å². The van der Waals surface area contributed by atoms with Crippen molar-refractivity contribution in [2.45, 2.75) is 0 Å². The summed E-state index contributed by atoms with van der Waals surface area (Å²) in [6.07, 6.45) is 4.79. The van der Waals surface area contributed by atoms with E-state index in [1.807, 2.05) is 12.1 Å². The fraction of sp³-hybridized carbons (Fsp3) is 0. The lowest BCUT2D eigenvalue weighted by atomic mass is 10.3. The molecule has 0 atom stereocenters. The second-order valence-corrected chi connectivity index (χ2v) is 4.27. The van der Waals surface area contributed by atoms with Crippen molar-refractivity contribution < 1.29 is 4.79 Å². The zero-order valence-corrected chi connectivity index (χ0v) is 11.0. The fourth-order valence-corrected chi connectivity index (χ4v) is 1.79. The molecule has 3 rings (SSSR count). The van der Waals surface area contributed by atoms with E-state index in [1.54, 1.807) is 47.5 Å². The number of amides is 1. The van der Waals surface area contributed by atoms with E-state index in [-0.39, 0.29) is 17.5 Å².